The van der Waals surface area contributed by atoms with Crippen molar-refractivity contribution in [2.24, 2.45) is 5.92 Å². The fourth-order valence-electron chi connectivity index (χ4n) is 2.92. The molecule has 1 amide bonds. The van der Waals surface area contributed by atoms with Gasteiger partial charge < -0.3 is 10.1 Å². The predicted octanol–water partition coefficient (Wildman–Crippen LogP) is 4.45. The van der Waals surface area contributed by atoms with E-state index in [4.69, 9.17) is 4.74 Å². The van der Waals surface area contributed by atoms with Crippen molar-refractivity contribution >= 4 is 5.91 Å². The van der Waals surface area contributed by atoms with E-state index in [1.165, 1.54) is 0 Å². The van der Waals surface area contributed by atoms with Crippen LogP contribution < -0.4 is 10.1 Å². The number of ether oxygens (including phenoxy) is 1. The fraction of sp³-hybridized carbons (Fsp3) is 0.381. The van der Waals surface area contributed by atoms with Gasteiger partial charge in [-0.05, 0) is 42.0 Å². The molecule has 0 saturated carbocycles. The second-order valence-corrected chi connectivity index (χ2v) is 6.64. The second-order valence-electron chi connectivity index (χ2n) is 6.64. The summed E-state index contributed by atoms with van der Waals surface area (Å²) in [5.41, 5.74) is 3.21. The van der Waals surface area contributed by atoms with Crippen LogP contribution in [-0.2, 0) is 11.2 Å². The maximum atomic E-state index is 12.5. The Bertz CT molecular complexity index is 665. The molecule has 0 saturated heterocycles. The lowest BCUT2D eigenvalue weighted by Crippen LogP contribution is -2.30. The van der Waals surface area contributed by atoms with Crippen LogP contribution >= 0.6 is 0 Å². The van der Waals surface area contributed by atoms with E-state index in [9.17, 15) is 4.79 Å². The van der Waals surface area contributed by atoms with Crippen molar-refractivity contribution in [3.8, 4) is 5.75 Å². The van der Waals surface area contributed by atoms with E-state index < -0.39 is 0 Å². The fourth-order valence-corrected chi connectivity index (χ4v) is 2.92. The van der Waals surface area contributed by atoms with Gasteiger partial charge in [-0.1, -0.05) is 56.3 Å². The van der Waals surface area contributed by atoms with Crippen molar-refractivity contribution in [3.63, 3.8) is 0 Å². The van der Waals surface area contributed by atoms with Gasteiger partial charge in [0.2, 0.25) is 5.91 Å². The van der Waals surface area contributed by atoms with Crippen LogP contribution in [0.3, 0.4) is 0 Å². The van der Waals surface area contributed by atoms with Gasteiger partial charge in [-0.25, -0.2) is 0 Å². The minimum absolute atomic E-state index is 0.0501. The molecule has 0 fully saturated rings. The lowest BCUT2D eigenvalue weighted by Gasteiger charge is -2.21. The van der Waals surface area contributed by atoms with Crippen LogP contribution in [0.5, 0.6) is 5.75 Å². The number of benzene rings is 2. The Hall–Kier alpha value is -2.29. The monoisotopic (exact) mass is 325 g/mol. The molecule has 1 N–H and O–H groups in total. The topological polar surface area (TPSA) is 38.3 Å². The Labute approximate surface area is 145 Å². The molecule has 0 bridgehead atoms. The summed E-state index contributed by atoms with van der Waals surface area (Å²) in [5.74, 6) is 1.41. The van der Waals surface area contributed by atoms with E-state index in [1.54, 1.807) is 7.11 Å². The van der Waals surface area contributed by atoms with Crippen LogP contribution in [0.4, 0.5) is 0 Å². The number of nitrogens with one attached hydrogen (secondary N) is 1. The SMILES string of the molecule is COc1ccc(CC(=O)NC(CC(C)C)c2ccccc2)cc1C. The Morgan fingerprint density at radius 1 is 1.12 bits per heavy atom. The van der Waals surface area contributed by atoms with E-state index in [0.29, 0.717) is 12.3 Å². The highest BCUT2D eigenvalue weighted by Gasteiger charge is 2.16. The average Bonchev–Trinajstić information content (AvgIpc) is 2.55. The van der Waals surface area contributed by atoms with E-state index in [1.807, 2.05) is 43.3 Å². The summed E-state index contributed by atoms with van der Waals surface area (Å²) in [6, 6.07) is 16.1. The third-order valence-electron chi connectivity index (χ3n) is 4.07. The number of aryl methyl sites for hydroxylation is 1. The first kappa shape index (κ1) is 18.1. The van der Waals surface area contributed by atoms with E-state index in [2.05, 4.69) is 31.3 Å². The number of rotatable bonds is 7. The van der Waals surface area contributed by atoms with Gasteiger partial charge in [-0.15, -0.1) is 0 Å². The van der Waals surface area contributed by atoms with Gasteiger partial charge in [0.05, 0.1) is 19.6 Å². The molecule has 2 rings (SSSR count). The molecule has 3 heteroatoms. The van der Waals surface area contributed by atoms with E-state index in [0.717, 1.165) is 28.9 Å². The maximum Gasteiger partial charge on any atom is 0.224 e. The van der Waals surface area contributed by atoms with Crippen molar-refractivity contribution < 1.29 is 9.53 Å². The molecule has 0 aliphatic heterocycles. The molecule has 0 aromatic heterocycles. The number of amides is 1. The molecule has 2 aromatic carbocycles. The summed E-state index contributed by atoms with van der Waals surface area (Å²) in [7, 11) is 1.66. The van der Waals surface area contributed by atoms with E-state index in [-0.39, 0.29) is 11.9 Å². The molecule has 3 nitrogen and oxygen atoms in total. The van der Waals surface area contributed by atoms with Gasteiger partial charge in [-0.2, -0.15) is 0 Å². The van der Waals surface area contributed by atoms with Gasteiger partial charge >= 0.3 is 0 Å². The molecular formula is C21H27NO2. The van der Waals surface area contributed by atoms with Crippen LogP contribution in [0.1, 0.15) is 43.0 Å². The summed E-state index contributed by atoms with van der Waals surface area (Å²) in [6.07, 6.45) is 1.31. The Morgan fingerprint density at radius 3 is 2.42 bits per heavy atom. The normalized spacial score (nSPS) is 12.0. The Morgan fingerprint density at radius 2 is 1.83 bits per heavy atom. The van der Waals surface area contributed by atoms with E-state index >= 15 is 0 Å². The number of methoxy groups -OCH3 is 1. The summed E-state index contributed by atoms with van der Waals surface area (Å²) >= 11 is 0. The molecule has 1 unspecified atom stereocenters. The lowest BCUT2D eigenvalue weighted by molar-refractivity contribution is -0.121. The summed E-state index contributed by atoms with van der Waals surface area (Å²) < 4.78 is 5.27. The molecule has 0 aliphatic rings. The molecule has 24 heavy (non-hydrogen) atoms. The van der Waals surface area contributed by atoms with Crippen LogP contribution in [0.2, 0.25) is 0 Å². The van der Waals surface area contributed by atoms with Crippen LogP contribution in [-0.4, -0.2) is 13.0 Å². The number of hydrogen-bond donors (Lipinski definition) is 1. The Kier molecular flexibility index (Phi) is 6.42. The molecule has 1 atom stereocenters. The number of hydrogen-bond acceptors (Lipinski definition) is 2. The van der Waals surface area contributed by atoms with Gasteiger partial charge in [-0.3, -0.25) is 4.79 Å². The Balaban J connectivity index is 2.06. The molecule has 0 radical (unpaired) electrons. The van der Waals surface area contributed by atoms with Crippen molar-refractivity contribution in [2.45, 2.75) is 39.7 Å². The lowest BCUT2D eigenvalue weighted by atomic mass is 9.96. The van der Waals surface area contributed by atoms with Crippen LogP contribution in [0.15, 0.2) is 48.5 Å². The molecule has 0 aliphatic carbocycles. The minimum Gasteiger partial charge on any atom is -0.496 e. The van der Waals surface area contributed by atoms with Crippen molar-refractivity contribution in [3.05, 3.63) is 65.2 Å². The number of carbonyl (C=O) groups is 1. The second kappa shape index (κ2) is 8.53. The first-order valence-corrected chi connectivity index (χ1v) is 8.47. The standard InChI is InChI=1S/C21H27NO2/c1-15(2)12-19(18-8-6-5-7-9-18)22-21(23)14-17-10-11-20(24-4)16(3)13-17/h5-11,13,15,19H,12,14H2,1-4H3,(H,22,23). The molecule has 0 spiro atoms. The maximum absolute atomic E-state index is 12.5. The van der Waals surface area contributed by atoms with Crippen molar-refractivity contribution in [1.82, 2.24) is 5.32 Å². The van der Waals surface area contributed by atoms with Crippen molar-refractivity contribution in [2.75, 3.05) is 7.11 Å². The minimum atomic E-state index is 0.0501. The molecular weight excluding hydrogens is 298 g/mol. The smallest absolute Gasteiger partial charge is 0.224 e. The first-order valence-electron chi connectivity index (χ1n) is 8.47. The summed E-state index contributed by atoms with van der Waals surface area (Å²) in [6.45, 7) is 6.34. The zero-order chi connectivity index (χ0) is 17.5. The van der Waals surface area contributed by atoms with Gasteiger partial charge in [0.1, 0.15) is 5.75 Å². The van der Waals surface area contributed by atoms with Crippen LogP contribution in [0, 0.1) is 12.8 Å². The average molecular weight is 325 g/mol. The van der Waals surface area contributed by atoms with Crippen LogP contribution in [0.25, 0.3) is 0 Å². The largest absolute Gasteiger partial charge is 0.496 e. The highest BCUT2D eigenvalue weighted by Crippen LogP contribution is 2.22. The molecule has 0 heterocycles. The quantitative estimate of drug-likeness (QED) is 0.817. The highest BCUT2D eigenvalue weighted by atomic mass is 16.5. The van der Waals surface area contributed by atoms with Gasteiger partial charge in [0.15, 0.2) is 0 Å². The third kappa shape index (κ3) is 5.12. The first-order chi connectivity index (χ1) is 11.5. The summed E-state index contributed by atoms with van der Waals surface area (Å²) in [4.78, 5) is 12.5. The third-order valence-corrected chi connectivity index (χ3v) is 4.07. The molecule has 128 valence electrons. The molecule has 2 aromatic rings. The summed E-state index contributed by atoms with van der Waals surface area (Å²) in [5, 5.41) is 3.19. The van der Waals surface area contributed by atoms with Gasteiger partial charge in [0, 0.05) is 0 Å². The zero-order valence-corrected chi connectivity index (χ0v) is 15.0. The zero-order valence-electron chi connectivity index (χ0n) is 15.0. The predicted molar refractivity (Wildman–Crippen MR) is 98.2 cm³/mol. The number of carbonyl (C=O) groups excluding carboxylic acids is 1. The van der Waals surface area contributed by atoms with Gasteiger partial charge in [0.25, 0.3) is 0 Å². The van der Waals surface area contributed by atoms with Crippen molar-refractivity contribution in [1.29, 1.82) is 0 Å². The highest BCUT2D eigenvalue weighted by molar-refractivity contribution is 5.79.